The summed E-state index contributed by atoms with van der Waals surface area (Å²) in [5, 5.41) is 3.54. The minimum absolute atomic E-state index is 0.761. The molecule has 3 atom stereocenters. The lowest BCUT2D eigenvalue weighted by Crippen LogP contribution is -2.33. The molecule has 1 N–H and O–H groups in total. The summed E-state index contributed by atoms with van der Waals surface area (Å²) in [4.78, 5) is 2.51. The van der Waals surface area contributed by atoms with Crippen molar-refractivity contribution in [2.75, 3.05) is 33.2 Å². The van der Waals surface area contributed by atoms with E-state index in [9.17, 15) is 0 Å². The molecule has 1 rings (SSSR count). The third-order valence-electron chi connectivity index (χ3n) is 3.49. The summed E-state index contributed by atoms with van der Waals surface area (Å²) in [7, 11) is 2.27. The van der Waals surface area contributed by atoms with Crippen molar-refractivity contribution in [2.24, 2.45) is 23.7 Å². The molecule has 16 heavy (non-hydrogen) atoms. The van der Waals surface area contributed by atoms with Crippen LogP contribution in [0.25, 0.3) is 0 Å². The second-order valence-corrected chi connectivity index (χ2v) is 6.35. The summed E-state index contributed by atoms with van der Waals surface area (Å²) in [5.41, 5.74) is 0. The molecule has 2 heteroatoms. The van der Waals surface area contributed by atoms with Crippen molar-refractivity contribution in [3.05, 3.63) is 0 Å². The summed E-state index contributed by atoms with van der Waals surface area (Å²) in [6.07, 6.45) is 1.45. The molecule has 0 aromatic rings. The zero-order chi connectivity index (χ0) is 12.1. The maximum atomic E-state index is 3.54. The van der Waals surface area contributed by atoms with Gasteiger partial charge in [-0.3, -0.25) is 0 Å². The van der Waals surface area contributed by atoms with E-state index in [4.69, 9.17) is 0 Å². The maximum absolute atomic E-state index is 3.54. The number of hydrogen-bond donors (Lipinski definition) is 1. The van der Waals surface area contributed by atoms with Crippen molar-refractivity contribution >= 4 is 0 Å². The molecule has 3 unspecified atom stereocenters. The van der Waals surface area contributed by atoms with E-state index in [1.807, 2.05) is 0 Å². The van der Waals surface area contributed by atoms with Gasteiger partial charge in [-0.1, -0.05) is 27.7 Å². The minimum Gasteiger partial charge on any atom is -0.316 e. The van der Waals surface area contributed by atoms with Gasteiger partial charge in [-0.05, 0) is 50.2 Å². The van der Waals surface area contributed by atoms with Gasteiger partial charge in [-0.25, -0.2) is 0 Å². The summed E-state index contributed by atoms with van der Waals surface area (Å²) in [5.74, 6) is 3.49. The lowest BCUT2D eigenvalue weighted by atomic mass is 10.1. The maximum Gasteiger partial charge on any atom is 0.00162 e. The number of nitrogens with one attached hydrogen (secondary N) is 1. The van der Waals surface area contributed by atoms with Crippen LogP contribution < -0.4 is 5.32 Å². The summed E-state index contributed by atoms with van der Waals surface area (Å²) < 4.78 is 0. The molecule has 0 heterocycles. The Morgan fingerprint density at radius 3 is 2.38 bits per heavy atom. The smallest absolute Gasteiger partial charge is 0.00162 e. The molecule has 2 nitrogen and oxygen atoms in total. The van der Waals surface area contributed by atoms with E-state index >= 15 is 0 Å². The Bertz CT molecular complexity index is 191. The Morgan fingerprint density at radius 2 is 1.88 bits per heavy atom. The van der Waals surface area contributed by atoms with Crippen LogP contribution in [0.5, 0.6) is 0 Å². The number of rotatable bonds is 8. The van der Waals surface area contributed by atoms with E-state index in [-0.39, 0.29) is 0 Å². The minimum atomic E-state index is 0.761. The molecule has 0 aliphatic heterocycles. The first kappa shape index (κ1) is 14.0. The normalized spacial score (nSPS) is 26.4. The van der Waals surface area contributed by atoms with Crippen molar-refractivity contribution in [1.29, 1.82) is 0 Å². The van der Waals surface area contributed by atoms with E-state index in [2.05, 4.69) is 45.0 Å². The fourth-order valence-corrected chi connectivity index (χ4v) is 2.34. The van der Waals surface area contributed by atoms with Gasteiger partial charge in [0.2, 0.25) is 0 Å². The van der Waals surface area contributed by atoms with E-state index < -0.39 is 0 Å². The van der Waals surface area contributed by atoms with Crippen LogP contribution in [0, 0.1) is 23.7 Å². The molecule has 0 aromatic carbocycles. The zero-order valence-corrected chi connectivity index (χ0v) is 11.8. The highest BCUT2D eigenvalue weighted by Crippen LogP contribution is 2.37. The predicted molar refractivity (Wildman–Crippen MR) is 71.6 cm³/mol. The van der Waals surface area contributed by atoms with Crippen molar-refractivity contribution in [2.45, 2.75) is 34.1 Å². The average Bonchev–Trinajstić information content (AvgIpc) is 2.80. The molecule has 0 aromatic heterocycles. The SMILES string of the molecule is CC(C)CNCC(C)CN(C)CC1CC1C. The first-order valence-electron chi connectivity index (χ1n) is 6.88. The Kier molecular flexibility index (Phi) is 5.77. The van der Waals surface area contributed by atoms with E-state index in [1.165, 1.54) is 19.5 Å². The molecule has 0 bridgehead atoms. The van der Waals surface area contributed by atoms with Gasteiger partial charge < -0.3 is 10.2 Å². The molecule has 96 valence electrons. The van der Waals surface area contributed by atoms with E-state index in [0.717, 1.165) is 36.8 Å². The lowest BCUT2D eigenvalue weighted by molar-refractivity contribution is 0.266. The Morgan fingerprint density at radius 1 is 1.25 bits per heavy atom. The van der Waals surface area contributed by atoms with Gasteiger partial charge in [0.1, 0.15) is 0 Å². The van der Waals surface area contributed by atoms with Crippen molar-refractivity contribution < 1.29 is 0 Å². The predicted octanol–water partition coefficient (Wildman–Crippen LogP) is 2.46. The second kappa shape index (κ2) is 6.61. The molecule has 0 spiro atoms. The summed E-state index contributed by atoms with van der Waals surface area (Å²) in [6, 6.07) is 0. The molecule has 0 radical (unpaired) electrons. The first-order valence-corrected chi connectivity index (χ1v) is 6.88. The van der Waals surface area contributed by atoms with Gasteiger partial charge >= 0.3 is 0 Å². The topological polar surface area (TPSA) is 15.3 Å². The summed E-state index contributed by atoms with van der Waals surface area (Å²) in [6.45, 7) is 14.1. The van der Waals surface area contributed by atoms with Gasteiger partial charge in [0, 0.05) is 13.1 Å². The average molecular weight is 226 g/mol. The molecule has 1 aliphatic rings. The standard InChI is InChI=1S/C14H30N2/c1-11(2)7-15-8-12(3)9-16(5)10-14-6-13(14)4/h11-15H,6-10H2,1-5H3. The fourth-order valence-electron chi connectivity index (χ4n) is 2.34. The molecule has 1 saturated carbocycles. The van der Waals surface area contributed by atoms with Crippen molar-refractivity contribution in [3.8, 4) is 0 Å². The molecule has 0 saturated heterocycles. The van der Waals surface area contributed by atoms with Gasteiger partial charge in [-0.2, -0.15) is 0 Å². The van der Waals surface area contributed by atoms with Gasteiger partial charge in [-0.15, -0.1) is 0 Å². The van der Waals surface area contributed by atoms with Crippen molar-refractivity contribution in [1.82, 2.24) is 10.2 Å². The summed E-state index contributed by atoms with van der Waals surface area (Å²) >= 11 is 0. The van der Waals surface area contributed by atoms with Crippen LogP contribution in [0.1, 0.15) is 34.1 Å². The fraction of sp³-hybridized carbons (Fsp3) is 1.00. The Balaban J connectivity index is 2.01. The number of hydrogen-bond acceptors (Lipinski definition) is 2. The monoisotopic (exact) mass is 226 g/mol. The third kappa shape index (κ3) is 5.86. The first-order chi connectivity index (χ1) is 7.49. The second-order valence-electron chi connectivity index (χ2n) is 6.35. The highest BCUT2D eigenvalue weighted by Gasteiger charge is 2.33. The Labute approximate surface area is 102 Å². The molecule has 0 amide bonds. The van der Waals surface area contributed by atoms with Crippen LogP contribution >= 0.6 is 0 Å². The van der Waals surface area contributed by atoms with Crippen LogP contribution in [0.3, 0.4) is 0 Å². The van der Waals surface area contributed by atoms with Crippen molar-refractivity contribution in [3.63, 3.8) is 0 Å². The molecular weight excluding hydrogens is 196 g/mol. The lowest BCUT2D eigenvalue weighted by Gasteiger charge is -2.22. The number of nitrogens with zero attached hydrogens (tertiary/aromatic N) is 1. The highest BCUT2D eigenvalue weighted by atomic mass is 15.1. The van der Waals surface area contributed by atoms with Crippen LogP contribution in [0.2, 0.25) is 0 Å². The van der Waals surface area contributed by atoms with Crippen LogP contribution in [-0.4, -0.2) is 38.1 Å². The molecule has 1 fully saturated rings. The van der Waals surface area contributed by atoms with Gasteiger partial charge in [0.05, 0.1) is 0 Å². The van der Waals surface area contributed by atoms with Gasteiger partial charge in [0.15, 0.2) is 0 Å². The van der Waals surface area contributed by atoms with E-state index in [0.29, 0.717) is 0 Å². The molecule has 1 aliphatic carbocycles. The highest BCUT2D eigenvalue weighted by molar-refractivity contribution is 4.84. The molecular formula is C14H30N2. The quantitative estimate of drug-likeness (QED) is 0.684. The zero-order valence-electron chi connectivity index (χ0n) is 11.8. The van der Waals surface area contributed by atoms with Crippen LogP contribution in [-0.2, 0) is 0 Å². The van der Waals surface area contributed by atoms with Gasteiger partial charge in [0.25, 0.3) is 0 Å². The van der Waals surface area contributed by atoms with Crippen LogP contribution in [0.4, 0.5) is 0 Å². The van der Waals surface area contributed by atoms with E-state index in [1.54, 1.807) is 0 Å². The Hall–Kier alpha value is -0.0800. The largest absolute Gasteiger partial charge is 0.316 e. The van der Waals surface area contributed by atoms with Crippen LogP contribution in [0.15, 0.2) is 0 Å². The third-order valence-corrected chi connectivity index (χ3v) is 3.49.